The van der Waals surface area contributed by atoms with Crippen LogP contribution < -0.4 is 11.1 Å². The van der Waals surface area contributed by atoms with Crippen LogP contribution in [0.3, 0.4) is 0 Å². The lowest BCUT2D eigenvalue weighted by Gasteiger charge is -2.11. The first-order valence-corrected chi connectivity index (χ1v) is 7.63. The maximum Gasteiger partial charge on any atom is 0.293 e. The third-order valence-corrected chi connectivity index (χ3v) is 3.52. The number of halogens is 1. The zero-order valence-corrected chi connectivity index (χ0v) is 12.7. The fraction of sp³-hybridized carbons (Fsp3) is 0.364. The normalized spacial score (nSPS) is 11.9. The molecular formula is C11H14BrN3O3S. The van der Waals surface area contributed by atoms with Crippen LogP contribution in [0.5, 0.6) is 0 Å². The molecule has 0 heterocycles. The van der Waals surface area contributed by atoms with Crippen LogP contribution in [-0.2, 0) is 4.79 Å². The molecule has 3 N–H and O–H groups in total. The number of hydrogen-bond donors (Lipinski definition) is 2. The van der Waals surface area contributed by atoms with E-state index < -0.39 is 16.9 Å². The number of nitrogens with two attached hydrogens (primary N) is 1. The third kappa shape index (κ3) is 4.81. The highest BCUT2D eigenvalue weighted by atomic mass is 79.9. The maximum atomic E-state index is 11.8. The number of benzene rings is 1. The number of hydrogen-bond acceptors (Lipinski definition) is 5. The topological polar surface area (TPSA) is 98.3 Å². The van der Waals surface area contributed by atoms with E-state index >= 15 is 0 Å². The van der Waals surface area contributed by atoms with Crippen LogP contribution in [-0.4, -0.2) is 28.9 Å². The first kappa shape index (κ1) is 15.9. The van der Waals surface area contributed by atoms with Crippen molar-refractivity contribution >= 4 is 45.0 Å². The van der Waals surface area contributed by atoms with E-state index in [9.17, 15) is 14.9 Å². The summed E-state index contributed by atoms with van der Waals surface area (Å²) in [6, 6.07) is 3.76. The van der Waals surface area contributed by atoms with Gasteiger partial charge < -0.3 is 11.1 Å². The first-order valence-electron chi connectivity index (χ1n) is 5.45. The van der Waals surface area contributed by atoms with Crippen molar-refractivity contribution in [2.45, 2.75) is 12.5 Å². The molecule has 1 amide bonds. The number of amides is 1. The Morgan fingerprint density at radius 1 is 1.63 bits per heavy atom. The molecule has 104 valence electrons. The molecule has 19 heavy (non-hydrogen) atoms. The minimum atomic E-state index is -0.671. The van der Waals surface area contributed by atoms with Crippen LogP contribution in [0, 0.1) is 10.1 Å². The van der Waals surface area contributed by atoms with E-state index in [1.807, 2.05) is 6.26 Å². The molecule has 0 unspecified atom stereocenters. The Hall–Kier alpha value is -1.12. The summed E-state index contributed by atoms with van der Waals surface area (Å²) < 4.78 is 0.573. The van der Waals surface area contributed by atoms with E-state index in [0.717, 1.165) is 5.75 Å². The number of anilines is 1. The monoisotopic (exact) mass is 347 g/mol. The SMILES string of the molecule is CSCC[C@H](N)C(=O)Nc1ccc(Br)cc1[N+](=O)[O-]. The molecule has 0 aromatic heterocycles. The van der Waals surface area contributed by atoms with Gasteiger partial charge in [0.15, 0.2) is 0 Å². The molecule has 0 saturated carbocycles. The standard InChI is InChI=1S/C11H14BrN3O3S/c1-19-5-4-8(13)11(16)14-9-3-2-7(12)6-10(9)15(17)18/h2-3,6,8H,4-5,13H2,1H3,(H,14,16)/t8-/m0/s1. The molecule has 6 nitrogen and oxygen atoms in total. The number of nitrogens with one attached hydrogen (secondary N) is 1. The number of carbonyl (C=O) groups is 1. The summed E-state index contributed by atoms with van der Waals surface area (Å²) in [5.41, 5.74) is 5.69. The number of rotatable bonds is 6. The number of thioether (sulfide) groups is 1. The average Bonchev–Trinajstić information content (AvgIpc) is 2.37. The van der Waals surface area contributed by atoms with Gasteiger partial charge in [-0.2, -0.15) is 11.8 Å². The third-order valence-electron chi connectivity index (χ3n) is 2.38. The van der Waals surface area contributed by atoms with Crippen molar-refractivity contribution < 1.29 is 9.72 Å². The lowest BCUT2D eigenvalue weighted by Crippen LogP contribution is -2.36. The van der Waals surface area contributed by atoms with Crippen molar-refractivity contribution in [3.8, 4) is 0 Å². The van der Waals surface area contributed by atoms with Gasteiger partial charge in [-0.25, -0.2) is 0 Å². The largest absolute Gasteiger partial charge is 0.320 e. The lowest BCUT2D eigenvalue weighted by molar-refractivity contribution is -0.384. The van der Waals surface area contributed by atoms with Crippen molar-refractivity contribution in [3.05, 3.63) is 32.8 Å². The van der Waals surface area contributed by atoms with Crippen LogP contribution >= 0.6 is 27.7 Å². The second kappa shape index (κ2) is 7.46. The van der Waals surface area contributed by atoms with Gasteiger partial charge >= 0.3 is 0 Å². The molecule has 0 bridgehead atoms. The summed E-state index contributed by atoms with van der Waals surface area (Å²) >= 11 is 4.74. The summed E-state index contributed by atoms with van der Waals surface area (Å²) in [7, 11) is 0. The van der Waals surface area contributed by atoms with Crippen molar-refractivity contribution in [1.82, 2.24) is 0 Å². The zero-order chi connectivity index (χ0) is 14.4. The predicted octanol–water partition coefficient (Wildman–Crippen LogP) is 2.38. The fourth-order valence-electron chi connectivity index (χ4n) is 1.36. The van der Waals surface area contributed by atoms with Gasteiger partial charge in [-0.1, -0.05) is 15.9 Å². The second-order valence-electron chi connectivity index (χ2n) is 3.80. The molecule has 0 spiro atoms. The molecular weight excluding hydrogens is 334 g/mol. The molecule has 1 aromatic rings. The van der Waals surface area contributed by atoms with Gasteiger partial charge in [-0.15, -0.1) is 0 Å². The second-order valence-corrected chi connectivity index (χ2v) is 5.70. The van der Waals surface area contributed by atoms with Crippen molar-refractivity contribution in [2.75, 3.05) is 17.3 Å². The Labute approximate surface area is 123 Å². The molecule has 1 atom stereocenters. The molecule has 0 aliphatic heterocycles. The molecule has 0 radical (unpaired) electrons. The average molecular weight is 348 g/mol. The Morgan fingerprint density at radius 3 is 2.89 bits per heavy atom. The highest BCUT2D eigenvalue weighted by molar-refractivity contribution is 9.10. The van der Waals surface area contributed by atoms with Gasteiger partial charge in [0, 0.05) is 10.5 Å². The predicted molar refractivity (Wildman–Crippen MR) is 80.4 cm³/mol. The summed E-state index contributed by atoms with van der Waals surface area (Å²) in [6.45, 7) is 0. The molecule has 0 fully saturated rings. The Bertz CT molecular complexity index is 484. The number of nitro groups is 1. The fourth-order valence-corrected chi connectivity index (χ4v) is 2.20. The highest BCUT2D eigenvalue weighted by Gasteiger charge is 2.19. The van der Waals surface area contributed by atoms with E-state index in [1.165, 1.54) is 12.1 Å². The quantitative estimate of drug-likeness (QED) is 0.608. The van der Waals surface area contributed by atoms with Gasteiger partial charge in [0.1, 0.15) is 5.69 Å². The van der Waals surface area contributed by atoms with Crippen LogP contribution in [0.4, 0.5) is 11.4 Å². The van der Waals surface area contributed by atoms with Gasteiger partial charge in [0.2, 0.25) is 5.91 Å². The molecule has 8 heteroatoms. The summed E-state index contributed by atoms with van der Waals surface area (Å²) in [6.07, 6.45) is 2.45. The summed E-state index contributed by atoms with van der Waals surface area (Å²) in [5.74, 6) is 0.344. The van der Waals surface area contributed by atoms with E-state index in [2.05, 4.69) is 21.2 Å². The summed E-state index contributed by atoms with van der Waals surface area (Å²) in [4.78, 5) is 22.1. The number of nitro benzene ring substituents is 1. The zero-order valence-electron chi connectivity index (χ0n) is 10.3. The van der Waals surface area contributed by atoms with Crippen molar-refractivity contribution in [2.24, 2.45) is 5.73 Å². The Kier molecular flexibility index (Phi) is 6.26. The molecule has 0 saturated heterocycles. The van der Waals surface area contributed by atoms with E-state index in [-0.39, 0.29) is 11.4 Å². The van der Waals surface area contributed by atoms with E-state index in [0.29, 0.717) is 10.9 Å². The minimum absolute atomic E-state index is 0.151. The van der Waals surface area contributed by atoms with Crippen LogP contribution in [0.15, 0.2) is 22.7 Å². The lowest BCUT2D eigenvalue weighted by atomic mass is 10.2. The van der Waals surface area contributed by atoms with Crippen LogP contribution in [0.1, 0.15) is 6.42 Å². The molecule has 1 aromatic carbocycles. The van der Waals surface area contributed by atoms with Crippen LogP contribution in [0.25, 0.3) is 0 Å². The van der Waals surface area contributed by atoms with Gasteiger partial charge in [0.25, 0.3) is 5.69 Å². The van der Waals surface area contributed by atoms with Crippen molar-refractivity contribution in [3.63, 3.8) is 0 Å². The maximum absolute atomic E-state index is 11.8. The van der Waals surface area contributed by atoms with Crippen LogP contribution in [0.2, 0.25) is 0 Å². The van der Waals surface area contributed by atoms with E-state index in [4.69, 9.17) is 5.73 Å². The smallest absolute Gasteiger partial charge is 0.293 e. The summed E-state index contributed by atoms with van der Waals surface area (Å²) in [5, 5.41) is 13.4. The van der Waals surface area contributed by atoms with E-state index in [1.54, 1.807) is 17.8 Å². The van der Waals surface area contributed by atoms with Gasteiger partial charge in [-0.3, -0.25) is 14.9 Å². The van der Waals surface area contributed by atoms with Crippen molar-refractivity contribution in [1.29, 1.82) is 0 Å². The Balaban J connectivity index is 2.81. The van der Waals surface area contributed by atoms with Gasteiger partial charge in [0.05, 0.1) is 11.0 Å². The minimum Gasteiger partial charge on any atom is -0.320 e. The highest BCUT2D eigenvalue weighted by Crippen LogP contribution is 2.28. The molecule has 0 aliphatic carbocycles. The Morgan fingerprint density at radius 2 is 2.32 bits per heavy atom. The van der Waals surface area contributed by atoms with Gasteiger partial charge in [-0.05, 0) is 30.6 Å². The number of nitrogens with zero attached hydrogens (tertiary/aromatic N) is 1. The first-order chi connectivity index (χ1) is 8.95. The molecule has 0 aliphatic rings. The number of carbonyl (C=O) groups excluding carboxylic acids is 1. The molecule has 1 rings (SSSR count).